The molecule has 0 spiro atoms. The largest absolute Gasteiger partial charge is 0.425 e. The Labute approximate surface area is 87.3 Å². The number of aryl methyl sites for hydroxylation is 1. The summed E-state index contributed by atoms with van der Waals surface area (Å²) in [6.45, 7) is 4.66. The Morgan fingerprint density at radius 1 is 1.40 bits per heavy atom. The van der Waals surface area contributed by atoms with E-state index in [9.17, 15) is 5.21 Å². The quantitative estimate of drug-likeness (QED) is 0.734. The highest BCUT2D eigenvalue weighted by Crippen LogP contribution is 2.24. The molecule has 0 aromatic carbocycles. The molecule has 0 amide bonds. The minimum atomic E-state index is 0.442. The van der Waals surface area contributed by atoms with Gasteiger partial charge in [0.2, 0.25) is 5.82 Å². The number of anilines is 1. The van der Waals surface area contributed by atoms with Crippen LogP contribution >= 0.6 is 0 Å². The summed E-state index contributed by atoms with van der Waals surface area (Å²) < 4.78 is 0.989. The van der Waals surface area contributed by atoms with E-state index in [1.54, 1.807) is 0 Å². The molecule has 0 saturated heterocycles. The third kappa shape index (κ3) is 1.47. The molecule has 0 atom stereocenters. The van der Waals surface area contributed by atoms with E-state index in [0.717, 1.165) is 11.3 Å². The number of nitrogens with one attached hydrogen (secondary N) is 1. The van der Waals surface area contributed by atoms with Gasteiger partial charge in [-0.2, -0.15) is 4.73 Å². The Hall–Kier alpha value is -1.85. The predicted molar refractivity (Wildman–Crippen MR) is 55.2 cm³/mol. The van der Waals surface area contributed by atoms with Crippen molar-refractivity contribution in [3.8, 4) is 11.5 Å². The van der Waals surface area contributed by atoms with Crippen LogP contribution in [0.4, 0.5) is 5.82 Å². The maximum atomic E-state index is 9.75. The summed E-state index contributed by atoms with van der Waals surface area (Å²) in [4.78, 5) is 12.3. The van der Waals surface area contributed by atoms with Gasteiger partial charge in [0.25, 0.3) is 0 Å². The summed E-state index contributed by atoms with van der Waals surface area (Å²) >= 11 is 0. The van der Waals surface area contributed by atoms with Gasteiger partial charge in [-0.15, -0.1) is 0 Å². The SMILES string of the molecule is CCNc1nc(CC)n(O)c2ncnc1-2. The Morgan fingerprint density at radius 2 is 2.20 bits per heavy atom. The molecule has 0 saturated carbocycles. The van der Waals surface area contributed by atoms with Crippen LogP contribution in [0.5, 0.6) is 0 Å². The minimum absolute atomic E-state index is 0.442. The molecular formula is C9H13N5O. The zero-order chi connectivity index (χ0) is 10.8. The Kier molecular flexibility index (Phi) is 2.40. The maximum absolute atomic E-state index is 9.75. The van der Waals surface area contributed by atoms with E-state index in [-0.39, 0.29) is 0 Å². The molecule has 0 radical (unpaired) electrons. The molecule has 0 aromatic heterocycles. The van der Waals surface area contributed by atoms with Crippen LogP contribution < -0.4 is 5.32 Å². The summed E-state index contributed by atoms with van der Waals surface area (Å²) in [5, 5.41) is 12.9. The van der Waals surface area contributed by atoms with E-state index in [1.165, 1.54) is 6.33 Å². The normalized spacial score (nSPS) is 10.8. The van der Waals surface area contributed by atoms with Gasteiger partial charge >= 0.3 is 0 Å². The van der Waals surface area contributed by atoms with E-state index in [1.807, 2.05) is 13.8 Å². The number of fused-ring (bicyclic) bond motifs is 1. The lowest BCUT2D eigenvalue weighted by atomic mass is 10.3. The molecule has 6 nitrogen and oxygen atoms in total. The average molecular weight is 207 g/mol. The van der Waals surface area contributed by atoms with E-state index in [0.29, 0.717) is 29.6 Å². The van der Waals surface area contributed by atoms with Gasteiger partial charge in [0, 0.05) is 13.0 Å². The highest BCUT2D eigenvalue weighted by molar-refractivity contribution is 5.67. The topological polar surface area (TPSA) is 75.9 Å². The second kappa shape index (κ2) is 3.72. The first kappa shape index (κ1) is 9.70. The summed E-state index contributed by atoms with van der Waals surface area (Å²) in [5.41, 5.74) is 0.594. The molecular weight excluding hydrogens is 194 g/mol. The first-order valence-corrected chi connectivity index (χ1v) is 4.93. The van der Waals surface area contributed by atoms with Crippen LogP contribution in [-0.4, -0.2) is 31.4 Å². The van der Waals surface area contributed by atoms with Gasteiger partial charge in [0.05, 0.1) is 0 Å². The molecule has 0 aromatic rings. The second-order valence-electron chi connectivity index (χ2n) is 3.12. The molecule has 0 bridgehead atoms. The van der Waals surface area contributed by atoms with Gasteiger partial charge in [0.15, 0.2) is 11.5 Å². The summed E-state index contributed by atoms with van der Waals surface area (Å²) in [7, 11) is 0. The number of imidazole rings is 1. The first-order chi connectivity index (χ1) is 7.27. The number of nitrogens with zero attached hydrogens (tertiary/aromatic N) is 4. The highest BCUT2D eigenvalue weighted by Gasteiger charge is 2.19. The van der Waals surface area contributed by atoms with Crippen molar-refractivity contribution >= 4 is 5.82 Å². The molecule has 6 heteroatoms. The van der Waals surface area contributed by atoms with Crippen molar-refractivity contribution in [2.75, 3.05) is 11.9 Å². The van der Waals surface area contributed by atoms with Gasteiger partial charge in [-0.3, -0.25) is 0 Å². The van der Waals surface area contributed by atoms with E-state index in [2.05, 4.69) is 20.3 Å². The maximum Gasteiger partial charge on any atom is 0.201 e. The third-order valence-corrected chi connectivity index (χ3v) is 2.15. The zero-order valence-electron chi connectivity index (χ0n) is 8.73. The summed E-state index contributed by atoms with van der Waals surface area (Å²) in [6.07, 6.45) is 2.05. The van der Waals surface area contributed by atoms with E-state index in [4.69, 9.17) is 0 Å². The fraction of sp³-hybridized carbons (Fsp3) is 0.444. The van der Waals surface area contributed by atoms with Gasteiger partial charge in [-0.1, -0.05) is 6.92 Å². The molecule has 80 valence electrons. The Bertz CT molecular complexity index is 439. The molecule has 2 heterocycles. The lowest BCUT2D eigenvalue weighted by Gasteiger charge is -2.12. The van der Waals surface area contributed by atoms with Crippen molar-refractivity contribution in [3.63, 3.8) is 0 Å². The molecule has 2 rings (SSSR count). The second-order valence-corrected chi connectivity index (χ2v) is 3.12. The van der Waals surface area contributed by atoms with Crippen LogP contribution in [0, 0.1) is 0 Å². The van der Waals surface area contributed by atoms with E-state index < -0.39 is 0 Å². The molecule has 2 N–H and O–H groups in total. The smallest absolute Gasteiger partial charge is 0.201 e. The number of rotatable bonds is 3. The van der Waals surface area contributed by atoms with Crippen LogP contribution in [-0.2, 0) is 6.42 Å². The van der Waals surface area contributed by atoms with Crippen molar-refractivity contribution in [2.24, 2.45) is 0 Å². The zero-order valence-corrected chi connectivity index (χ0v) is 8.73. The van der Waals surface area contributed by atoms with Gasteiger partial charge in [0.1, 0.15) is 12.2 Å². The fourth-order valence-corrected chi connectivity index (χ4v) is 1.45. The monoisotopic (exact) mass is 207 g/mol. The lowest BCUT2D eigenvalue weighted by Crippen LogP contribution is -2.13. The van der Waals surface area contributed by atoms with Crippen LogP contribution in [0.1, 0.15) is 19.7 Å². The Morgan fingerprint density at radius 3 is 2.87 bits per heavy atom. The molecule has 2 aliphatic rings. The van der Waals surface area contributed by atoms with E-state index >= 15 is 0 Å². The van der Waals surface area contributed by atoms with Gasteiger partial charge in [-0.05, 0) is 6.92 Å². The Balaban J connectivity index is 2.61. The number of hydrogen-bond donors (Lipinski definition) is 2. The summed E-state index contributed by atoms with van der Waals surface area (Å²) in [6, 6.07) is 0. The van der Waals surface area contributed by atoms with Crippen molar-refractivity contribution in [1.29, 1.82) is 0 Å². The highest BCUT2D eigenvalue weighted by atomic mass is 16.5. The van der Waals surface area contributed by atoms with Crippen LogP contribution in [0.2, 0.25) is 0 Å². The van der Waals surface area contributed by atoms with Gasteiger partial charge < -0.3 is 10.5 Å². The standard InChI is InChI=1S/C9H13N5O/c1-3-6-13-8(10-4-2)7-9(14(6)15)12-5-11-7/h5,10,15H,3-4H2,1-2H3. The van der Waals surface area contributed by atoms with Crippen LogP contribution in [0.25, 0.3) is 11.5 Å². The third-order valence-electron chi connectivity index (χ3n) is 2.15. The molecule has 0 fully saturated rings. The predicted octanol–water partition coefficient (Wildman–Crippen LogP) is 1.01. The van der Waals surface area contributed by atoms with Crippen molar-refractivity contribution in [2.45, 2.75) is 20.3 Å². The van der Waals surface area contributed by atoms with Crippen molar-refractivity contribution < 1.29 is 5.21 Å². The first-order valence-electron chi connectivity index (χ1n) is 4.93. The number of aromatic nitrogens is 4. The summed E-state index contributed by atoms with van der Waals surface area (Å²) in [5.74, 6) is 1.68. The van der Waals surface area contributed by atoms with Crippen LogP contribution in [0.3, 0.4) is 0 Å². The van der Waals surface area contributed by atoms with Crippen molar-refractivity contribution in [3.05, 3.63) is 12.2 Å². The fourth-order valence-electron chi connectivity index (χ4n) is 1.45. The molecule has 15 heavy (non-hydrogen) atoms. The van der Waals surface area contributed by atoms with Crippen molar-refractivity contribution in [1.82, 2.24) is 19.7 Å². The molecule has 2 aliphatic heterocycles. The molecule has 0 aliphatic carbocycles. The lowest BCUT2D eigenvalue weighted by molar-refractivity contribution is 0.173. The molecule has 0 unspecified atom stereocenters. The average Bonchev–Trinajstić information content (AvgIpc) is 2.71. The van der Waals surface area contributed by atoms with Gasteiger partial charge in [-0.25, -0.2) is 15.0 Å². The van der Waals surface area contributed by atoms with Crippen LogP contribution in [0.15, 0.2) is 6.33 Å². The minimum Gasteiger partial charge on any atom is -0.425 e. The number of hydrogen-bond acceptors (Lipinski definition) is 5.